The minimum absolute atomic E-state index is 0.664. The maximum Gasteiger partial charge on any atom is 0.0604 e. The molecule has 0 saturated carbocycles. The van der Waals surface area contributed by atoms with Gasteiger partial charge in [0.2, 0.25) is 0 Å². The number of hydrogen-bond acceptors (Lipinski definition) is 3. The van der Waals surface area contributed by atoms with Gasteiger partial charge in [0.15, 0.2) is 0 Å². The molecule has 1 saturated heterocycles. The third kappa shape index (κ3) is 1.39. The van der Waals surface area contributed by atoms with Gasteiger partial charge < -0.3 is 5.21 Å². The first-order chi connectivity index (χ1) is 3.80. The van der Waals surface area contributed by atoms with Gasteiger partial charge in [0.25, 0.3) is 0 Å². The van der Waals surface area contributed by atoms with Crippen LogP contribution in [-0.4, -0.2) is 22.7 Å². The molecule has 0 aromatic heterocycles. The summed E-state index contributed by atoms with van der Waals surface area (Å²) in [6, 6.07) is 0. The van der Waals surface area contributed by atoms with Crippen LogP contribution in [0.25, 0.3) is 0 Å². The lowest BCUT2D eigenvalue weighted by atomic mass is 10.3. The second-order valence-electron chi connectivity index (χ2n) is 1.97. The number of rotatable bonds is 0. The van der Waals surface area contributed by atoms with E-state index in [1.807, 2.05) is 0 Å². The quantitative estimate of drug-likeness (QED) is 0.480. The number of hydroxylamine groups is 1. The van der Waals surface area contributed by atoms with E-state index in [9.17, 15) is 0 Å². The lowest BCUT2D eigenvalue weighted by molar-refractivity contribution is 0.00229. The summed E-state index contributed by atoms with van der Waals surface area (Å²) in [5, 5.41) is 8.91. The molecule has 3 N–H and O–H groups in total. The molecule has 0 radical (unpaired) electrons. The molecule has 1 atom stereocenters. The Hall–Kier alpha value is 0.310. The van der Waals surface area contributed by atoms with Crippen LogP contribution in [0.15, 0.2) is 0 Å². The van der Waals surface area contributed by atoms with E-state index in [0.29, 0.717) is 0 Å². The molecule has 0 bridgehead atoms. The largest absolute Gasteiger partial charge is 0.309 e. The maximum absolute atomic E-state index is 8.91. The predicted molar refractivity (Wildman–Crippen MR) is 33.7 cm³/mol. The molecule has 3 nitrogen and oxygen atoms in total. The van der Waals surface area contributed by atoms with Gasteiger partial charge >= 0.3 is 0 Å². The standard InChI is InChI=1S/C4H11N2OP/c5-8-4-2-1-3-6(8)7/h7H,1-5H2. The van der Waals surface area contributed by atoms with Crippen LogP contribution >= 0.6 is 8.22 Å². The van der Waals surface area contributed by atoms with Gasteiger partial charge in [0.05, 0.1) is 8.22 Å². The molecule has 0 aromatic rings. The van der Waals surface area contributed by atoms with Crippen molar-refractivity contribution in [1.29, 1.82) is 0 Å². The van der Waals surface area contributed by atoms with Crippen LogP contribution in [0.3, 0.4) is 0 Å². The first kappa shape index (κ1) is 6.43. The normalized spacial score (nSPS) is 33.0. The van der Waals surface area contributed by atoms with E-state index in [4.69, 9.17) is 10.7 Å². The summed E-state index contributed by atoms with van der Waals surface area (Å²) in [5.41, 5.74) is 5.52. The van der Waals surface area contributed by atoms with Gasteiger partial charge in [-0.25, -0.2) is 0 Å². The molecule has 48 valence electrons. The minimum atomic E-state index is -0.664. The van der Waals surface area contributed by atoms with Gasteiger partial charge in [-0.05, 0) is 19.0 Å². The van der Waals surface area contributed by atoms with Crippen molar-refractivity contribution in [2.75, 3.05) is 12.7 Å². The van der Waals surface area contributed by atoms with E-state index in [0.717, 1.165) is 19.1 Å². The predicted octanol–water partition coefficient (Wildman–Crippen LogP) is 0.742. The zero-order valence-corrected chi connectivity index (χ0v) is 5.64. The van der Waals surface area contributed by atoms with Crippen LogP contribution in [0.4, 0.5) is 0 Å². The summed E-state index contributed by atoms with van der Waals surface area (Å²) < 4.78 is 0. The van der Waals surface area contributed by atoms with Gasteiger partial charge in [-0.1, -0.05) is 0 Å². The van der Waals surface area contributed by atoms with Crippen molar-refractivity contribution < 1.29 is 5.21 Å². The van der Waals surface area contributed by atoms with Gasteiger partial charge in [0, 0.05) is 6.54 Å². The van der Waals surface area contributed by atoms with E-state index < -0.39 is 8.22 Å². The molecular weight excluding hydrogens is 123 g/mol. The second-order valence-corrected chi connectivity index (χ2v) is 3.75. The third-order valence-electron chi connectivity index (χ3n) is 1.29. The van der Waals surface area contributed by atoms with Crippen molar-refractivity contribution in [3.05, 3.63) is 0 Å². The summed E-state index contributed by atoms with van der Waals surface area (Å²) >= 11 is 0. The van der Waals surface area contributed by atoms with E-state index >= 15 is 0 Å². The van der Waals surface area contributed by atoms with Gasteiger partial charge in [-0.15, -0.1) is 0 Å². The highest BCUT2D eigenvalue weighted by Gasteiger charge is 2.15. The van der Waals surface area contributed by atoms with Crippen LogP contribution in [0.5, 0.6) is 0 Å². The smallest absolute Gasteiger partial charge is 0.0604 e. The average molecular weight is 134 g/mol. The Labute approximate surface area is 50.3 Å². The maximum atomic E-state index is 8.91. The molecule has 1 fully saturated rings. The average Bonchev–Trinajstić information content (AvgIpc) is 1.77. The molecule has 1 aliphatic heterocycles. The Morgan fingerprint density at radius 1 is 1.50 bits per heavy atom. The highest BCUT2D eigenvalue weighted by molar-refractivity contribution is 7.52. The van der Waals surface area contributed by atoms with Crippen LogP contribution in [0.2, 0.25) is 0 Å². The Bertz CT molecular complexity index is 70.4. The molecule has 8 heavy (non-hydrogen) atoms. The topological polar surface area (TPSA) is 49.5 Å². The van der Waals surface area contributed by atoms with E-state index in [1.54, 1.807) is 0 Å². The van der Waals surface area contributed by atoms with Crippen molar-refractivity contribution in [2.45, 2.75) is 12.8 Å². The zero-order valence-electron chi connectivity index (χ0n) is 4.75. The van der Waals surface area contributed by atoms with E-state index in [1.165, 1.54) is 11.3 Å². The van der Waals surface area contributed by atoms with E-state index in [-0.39, 0.29) is 0 Å². The number of hydrogen-bond donors (Lipinski definition) is 2. The van der Waals surface area contributed by atoms with Gasteiger partial charge in [-0.2, -0.15) is 4.83 Å². The first-order valence-corrected chi connectivity index (χ1v) is 4.34. The molecule has 0 aliphatic carbocycles. The van der Waals surface area contributed by atoms with E-state index in [2.05, 4.69) is 0 Å². The molecule has 0 spiro atoms. The molecular formula is C4H11N2OP. The van der Waals surface area contributed by atoms with Crippen LogP contribution in [0.1, 0.15) is 12.8 Å². The minimum Gasteiger partial charge on any atom is -0.309 e. The highest BCUT2D eigenvalue weighted by atomic mass is 31.1. The summed E-state index contributed by atoms with van der Waals surface area (Å²) in [4.78, 5) is 1.28. The van der Waals surface area contributed by atoms with Gasteiger partial charge in [0.1, 0.15) is 0 Å². The van der Waals surface area contributed by atoms with Crippen LogP contribution < -0.4 is 5.50 Å². The summed E-state index contributed by atoms with van der Waals surface area (Å²) in [6.07, 6.45) is 3.26. The third-order valence-corrected chi connectivity index (χ3v) is 2.86. The molecule has 1 unspecified atom stereocenters. The summed E-state index contributed by atoms with van der Waals surface area (Å²) in [7, 11) is -0.664. The lowest BCUT2D eigenvalue weighted by Crippen LogP contribution is -2.24. The highest BCUT2D eigenvalue weighted by Crippen LogP contribution is 2.34. The van der Waals surface area contributed by atoms with Crippen LogP contribution in [0, 0.1) is 0 Å². The Balaban J connectivity index is 2.28. The summed E-state index contributed by atoms with van der Waals surface area (Å²) in [6.45, 7) is 0.766. The fraction of sp³-hybridized carbons (Fsp3) is 1.00. The molecule has 0 aromatic carbocycles. The van der Waals surface area contributed by atoms with Crippen molar-refractivity contribution in [1.82, 2.24) is 4.83 Å². The fourth-order valence-corrected chi connectivity index (χ4v) is 1.95. The molecule has 1 rings (SSSR count). The molecule has 0 amide bonds. The Kier molecular flexibility index (Phi) is 2.20. The Morgan fingerprint density at radius 3 is 2.62 bits per heavy atom. The van der Waals surface area contributed by atoms with Gasteiger partial charge in [-0.3, -0.25) is 5.50 Å². The van der Waals surface area contributed by atoms with Crippen molar-refractivity contribution in [2.24, 2.45) is 5.50 Å². The molecule has 4 heteroatoms. The second kappa shape index (κ2) is 2.74. The van der Waals surface area contributed by atoms with Crippen molar-refractivity contribution >= 4 is 8.22 Å². The molecule has 1 heterocycles. The van der Waals surface area contributed by atoms with Crippen molar-refractivity contribution in [3.63, 3.8) is 0 Å². The summed E-state index contributed by atoms with van der Waals surface area (Å²) in [5.74, 6) is 0. The lowest BCUT2D eigenvalue weighted by Gasteiger charge is -2.26. The number of nitrogens with two attached hydrogens (primary N) is 1. The first-order valence-electron chi connectivity index (χ1n) is 2.79. The van der Waals surface area contributed by atoms with Crippen LogP contribution in [-0.2, 0) is 0 Å². The zero-order chi connectivity index (χ0) is 5.98. The Morgan fingerprint density at radius 2 is 2.25 bits per heavy atom. The number of nitrogens with zero attached hydrogens (tertiary/aromatic N) is 1. The monoisotopic (exact) mass is 134 g/mol. The molecule has 1 aliphatic rings. The van der Waals surface area contributed by atoms with Crippen molar-refractivity contribution in [3.8, 4) is 0 Å². The fourth-order valence-electron chi connectivity index (χ4n) is 0.771. The SMILES string of the molecule is NP1CCCCN1O.